The van der Waals surface area contributed by atoms with Crippen molar-refractivity contribution in [2.45, 2.75) is 19.4 Å². The van der Waals surface area contributed by atoms with Crippen LogP contribution in [0, 0.1) is 0 Å². The molecule has 0 amide bonds. The molecule has 0 atom stereocenters. The van der Waals surface area contributed by atoms with Crippen LogP contribution in [0.25, 0.3) is 11.3 Å². The number of nitrogens with zero attached hydrogens (tertiary/aromatic N) is 2. The fourth-order valence-electron chi connectivity index (χ4n) is 3.43. The van der Waals surface area contributed by atoms with Crippen molar-refractivity contribution in [1.29, 1.82) is 0 Å². The van der Waals surface area contributed by atoms with Crippen LogP contribution in [0.5, 0.6) is 11.5 Å². The molecule has 1 aliphatic rings. The van der Waals surface area contributed by atoms with Gasteiger partial charge in [0.15, 0.2) is 11.5 Å². The van der Waals surface area contributed by atoms with E-state index in [0.717, 1.165) is 42.8 Å². The first-order chi connectivity index (χ1) is 12.6. The fraction of sp³-hybridized carbons (Fsp3) is 0.250. The summed E-state index contributed by atoms with van der Waals surface area (Å²) in [5.41, 5.74) is 5.42. The Kier molecular flexibility index (Phi) is 4.57. The van der Waals surface area contributed by atoms with Gasteiger partial charge in [-0.2, -0.15) is 5.10 Å². The number of phenolic OH excluding ortho intramolecular Hbond substituents is 2. The lowest BCUT2D eigenvalue weighted by molar-refractivity contribution is 0.403. The van der Waals surface area contributed by atoms with Crippen LogP contribution >= 0.6 is 11.6 Å². The average Bonchev–Trinajstić information content (AvgIpc) is 2.81. The number of hydrogen-bond donors (Lipinski definition) is 3. The molecule has 5 nitrogen and oxygen atoms in total. The first kappa shape index (κ1) is 16.9. The largest absolute Gasteiger partial charge is 0.504 e. The van der Waals surface area contributed by atoms with Gasteiger partial charge in [-0.3, -0.25) is 4.68 Å². The SMILES string of the molecule is Oc1ccc(Cn2nc(-c3ccc(Cl)cc3)c3c2CCNCC3)cc1O. The quantitative estimate of drug-likeness (QED) is 0.619. The third-order valence-corrected chi connectivity index (χ3v) is 5.00. The number of rotatable bonds is 3. The molecule has 0 saturated heterocycles. The third-order valence-electron chi connectivity index (χ3n) is 4.75. The normalized spacial score (nSPS) is 14.0. The molecular formula is C20H20ClN3O2. The van der Waals surface area contributed by atoms with Gasteiger partial charge in [0.25, 0.3) is 0 Å². The summed E-state index contributed by atoms with van der Waals surface area (Å²) in [6, 6.07) is 12.7. The molecule has 134 valence electrons. The summed E-state index contributed by atoms with van der Waals surface area (Å²) < 4.78 is 2.01. The molecule has 2 heterocycles. The van der Waals surface area contributed by atoms with E-state index in [9.17, 15) is 10.2 Å². The lowest BCUT2D eigenvalue weighted by atomic mass is 10.0. The zero-order chi connectivity index (χ0) is 18.1. The second kappa shape index (κ2) is 7.02. The Morgan fingerprint density at radius 2 is 1.77 bits per heavy atom. The molecule has 0 fully saturated rings. The number of fused-ring (bicyclic) bond motifs is 1. The summed E-state index contributed by atoms with van der Waals surface area (Å²) in [7, 11) is 0. The van der Waals surface area contributed by atoms with Crippen molar-refractivity contribution in [3.05, 3.63) is 64.3 Å². The summed E-state index contributed by atoms with van der Waals surface area (Å²) in [4.78, 5) is 0. The molecule has 3 aromatic rings. The Hall–Kier alpha value is -2.50. The second-order valence-corrected chi connectivity index (χ2v) is 6.95. The molecule has 2 aromatic carbocycles. The van der Waals surface area contributed by atoms with E-state index in [1.54, 1.807) is 12.1 Å². The van der Waals surface area contributed by atoms with Crippen LogP contribution in [0.3, 0.4) is 0 Å². The Morgan fingerprint density at radius 3 is 2.54 bits per heavy atom. The highest BCUT2D eigenvalue weighted by Gasteiger charge is 2.21. The van der Waals surface area contributed by atoms with Crippen LogP contribution in [0.15, 0.2) is 42.5 Å². The van der Waals surface area contributed by atoms with Gasteiger partial charge < -0.3 is 15.5 Å². The molecule has 3 N–H and O–H groups in total. The first-order valence-corrected chi connectivity index (χ1v) is 9.05. The van der Waals surface area contributed by atoms with E-state index in [1.807, 2.05) is 28.9 Å². The molecule has 26 heavy (non-hydrogen) atoms. The minimum Gasteiger partial charge on any atom is -0.504 e. The number of hydrogen-bond acceptors (Lipinski definition) is 4. The minimum absolute atomic E-state index is 0.111. The van der Waals surface area contributed by atoms with Crippen molar-refractivity contribution >= 4 is 11.6 Å². The van der Waals surface area contributed by atoms with Crippen molar-refractivity contribution < 1.29 is 10.2 Å². The van der Waals surface area contributed by atoms with E-state index >= 15 is 0 Å². The lowest BCUT2D eigenvalue weighted by Gasteiger charge is -2.08. The molecule has 0 spiro atoms. The second-order valence-electron chi connectivity index (χ2n) is 6.51. The monoisotopic (exact) mass is 369 g/mol. The van der Waals surface area contributed by atoms with Gasteiger partial charge in [-0.15, -0.1) is 0 Å². The van der Waals surface area contributed by atoms with Crippen LogP contribution < -0.4 is 5.32 Å². The molecule has 6 heteroatoms. The van der Waals surface area contributed by atoms with Gasteiger partial charge in [0, 0.05) is 34.8 Å². The highest BCUT2D eigenvalue weighted by Crippen LogP contribution is 2.30. The van der Waals surface area contributed by atoms with Crippen molar-refractivity contribution in [2.75, 3.05) is 13.1 Å². The zero-order valence-electron chi connectivity index (χ0n) is 14.2. The predicted molar refractivity (Wildman–Crippen MR) is 102 cm³/mol. The number of nitrogens with one attached hydrogen (secondary N) is 1. The molecule has 0 aliphatic carbocycles. The first-order valence-electron chi connectivity index (χ1n) is 8.68. The Balaban J connectivity index is 1.76. The molecule has 4 rings (SSSR count). The van der Waals surface area contributed by atoms with Crippen molar-refractivity contribution in [2.24, 2.45) is 0 Å². The number of halogens is 1. The van der Waals surface area contributed by atoms with E-state index < -0.39 is 0 Å². The van der Waals surface area contributed by atoms with E-state index in [0.29, 0.717) is 11.6 Å². The van der Waals surface area contributed by atoms with Crippen LogP contribution in [-0.2, 0) is 19.4 Å². The Bertz CT molecular complexity index is 935. The molecule has 0 radical (unpaired) electrons. The number of phenols is 2. The van der Waals surface area contributed by atoms with Gasteiger partial charge >= 0.3 is 0 Å². The number of benzene rings is 2. The van der Waals surface area contributed by atoms with Crippen LogP contribution in [-0.4, -0.2) is 33.1 Å². The molecule has 0 bridgehead atoms. The van der Waals surface area contributed by atoms with E-state index in [2.05, 4.69) is 5.32 Å². The number of aromatic hydroxyl groups is 2. The maximum absolute atomic E-state index is 9.77. The lowest BCUT2D eigenvalue weighted by Crippen LogP contribution is -2.17. The third kappa shape index (κ3) is 3.28. The van der Waals surface area contributed by atoms with Crippen molar-refractivity contribution in [3.63, 3.8) is 0 Å². The zero-order valence-corrected chi connectivity index (χ0v) is 15.0. The summed E-state index contributed by atoms with van der Waals surface area (Å²) in [5, 5.41) is 28.3. The molecule has 1 aliphatic heterocycles. The Morgan fingerprint density at radius 1 is 1.00 bits per heavy atom. The summed E-state index contributed by atoms with van der Waals surface area (Å²) in [6.45, 7) is 2.39. The van der Waals surface area contributed by atoms with Crippen LogP contribution in [0.2, 0.25) is 5.02 Å². The summed E-state index contributed by atoms with van der Waals surface area (Å²) >= 11 is 6.03. The van der Waals surface area contributed by atoms with Gasteiger partial charge in [-0.25, -0.2) is 0 Å². The van der Waals surface area contributed by atoms with E-state index in [1.165, 1.54) is 17.3 Å². The predicted octanol–water partition coefficient (Wildman–Crippen LogP) is 3.35. The number of aromatic nitrogens is 2. The van der Waals surface area contributed by atoms with Gasteiger partial charge in [0.05, 0.1) is 12.2 Å². The van der Waals surface area contributed by atoms with Gasteiger partial charge in [0.2, 0.25) is 0 Å². The van der Waals surface area contributed by atoms with E-state index in [4.69, 9.17) is 16.7 Å². The average molecular weight is 370 g/mol. The van der Waals surface area contributed by atoms with Gasteiger partial charge in [-0.1, -0.05) is 29.8 Å². The van der Waals surface area contributed by atoms with Gasteiger partial charge in [-0.05, 0) is 42.8 Å². The maximum Gasteiger partial charge on any atom is 0.157 e. The maximum atomic E-state index is 9.77. The summed E-state index contributed by atoms with van der Waals surface area (Å²) in [5.74, 6) is -0.223. The Labute approximate surface area is 156 Å². The van der Waals surface area contributed by atoms with Gasteiger partial charge in [0.1, 0.15) is 0 Å². The molecule has 0 unspecified atom stereocenters. The highest BCUT2D eigenvalue weighted by molar-refractivity contribution is 6.30. The van der Waals surface area contributed by atoms with Crippen molar-refractivity contribution in [3.8, 4) is 22.8 Å². The fourth-order valence-corrected chi connectivity index (χ4v) is 3.56. The molecule has 0 saturated carbocycles. The smallest absolute Gasteiger partial charge is 0.157 e. The molecular weight excluding hydrogens is 350 g/mol. The minimum atomic E-state index is -0.112. The standard InChI is InChI=1S/C20H20ClN3O2/c21-15-4-2-14(3-5-15)20-16-7-9-22-10-8-17(16)24(23-20)12-13-1-6-18(25)19(26)11-13/h1-6,11,22,25-26H,7-10,12H2. The highest BCUT2D eigenvalue weighted by atomic mass is 35.5. The van der Waals surface area contributed by atoms with Crippen LogP contribution in [0.4, 0.5) is 0 Å². The summed E-state index contributed by atoms with van der Waals surface area (Å²) in [6.07, 6.45) is 1.83. The topological polar surface area (TPSA) is 70.3 Å². The molecule has 1 aromatic heterocycles. The van der Waals surface area contributed by atoms with E-state index in [-0.39, 0.29) is 11.5 Å². The van der Waals surface area contributed by atoms with Crippen molar-refractivity contribution in [1.82, 2.24) is 15.1 Å². The van der Waals surface area contributed by atoms with Crippen LogP contribution in [0.1, 0.15) is 16.8 Å².